The van der Waals surface area contributed by atoms with Crippen molar-refractivity contribution in [2.75, 3.05) is 5.75 Å². The summed E-state index contributed by atoms with van der Waals surface area (Å²) < 4.78 is 6.62. The number of para-hydroxylation sites is 2. The summed E-state index contributed by atoms with van der Waals surface area (Å²) in [5.74, 6) is 0.986. The molecular weight excluding hydrogens is 362 g/mol. The van der Waals surface area contributed by atoms with Gasteiger partial charge in [0.05, 0.1) is 0 Å². The fourth-order valence-electron chi connectivity index (χ4n) is 2.09. The maximum Gasteiger partial charge on any atom is 0.256 e. The molecule has 3 aromatic rings. The van der Waals surface area contributed by atoms with Crippen LogP contribution in [0.5, 0.6) is 0 Å². The highest BCUT2D eigenvalue weighted by atomic mass is 79.9. The van der Waals surface area contributed by atoms with Crippen LogP contribution in [0, 0.1) is 0 Å². The maximum atomic E-state index is 12.0. The van der Waals surface area contributed by atoms with E-state index in [4.69, 9.17) is 4.42 Å². The molecule has 0 fully saturated rings. The van der Waals surface area contributed by atoms with Crippen LogP contribution in [-0.2, 0) is 0 Å². The summed E-state index contributed by atoms with van der Waals surface area (Å²) in [6.07, 6.45) is 1.34. The van der Waals surface area contributed by atoms with Crippen LogP contribution in [0.25, 0.3) is 11.1 Å². The molecule has 0 amide bonds. The fraction of sp³-hybridized carbons (Fsp3) is 0.176. The average molecular weight is 376 g/mol. The highest BCUT2D eigenvalue weighted by molar-refractivity contribution is 9.10. The molecule has 5 heteroatoms. The summed E-state index contributed by atoms with van der Waals surface area (Å²) >= 11 is 4.92. The molecule has 0 aliphatic heterocycles. The minimum Gasteiger partial charge on any atom is -0.431 e. The van der Waals surface area contributed by atoms with Crippen molar-refractivity contribution < 1.29 is 9.21 Å². The number of hydrogen-bond acceptors (Lipinski definition) is 4. The van der Waals surface area contributed by atoms with E-state index in [-0.39, 0.29) is 5.78 Å². The van der Waals surface area contributed by atoms with Gasteiger partial charge in [0.1, 0.15) is 5.52 Å². The highest BCUT2D eigenvalue weighted by Gasteiger charge is 2.08. The van der Waals surface area contributed by atoms with Crippen LogP contribution in [0.4, 0.5) is 0 Å². The number of rotatable bonds is 6. The Balaban J connectivity index is 1.49. The van der Waals surface area contributed by atoms with Crippen molar-refractivity contribution in [2.24, 2.45) is 0 Å². The van der Waals surface area contributed by atoms with E-state index in [9.17, 15) is 4.79 Å². The van der Waals surface area contributed by atoms with Crippen LogP contribution < -0.4 is 0 Å². The molecule has 0 saturated carbocycles. The van der Waals surface area contributed by atoms with Gasteiger partial charge in [0.2, 0.25) is 0 Å². The molecule has 112 valence electrons. The predicted molar refractivity (Wildman–Crippen MR) is 92.4 cm³/mol. The lowest BCUT2D eigenvalue weighted by atomic mass is 10.1. The van der Waals surface area contributed by atoms with Gasteiger partial charge in [-0.2, -0.15) is 0 Å². The van der Waals surface area contributed by atoms with E-state index in [1.807, 2.05) is 48.5 Å². The fourth-order valence-corrected chi connectivity index (χ4v) is 3.12. The minimum atomic E-state index is 0.172. The van der Waals surface area contributed by atoms with Crippen molar-refractivity contribution >= 4 is 44.6 Å². The van der Waals surface area contributed by atoms with Gasteiger partial charge in [-0.3, -0.25) is 4.79 Å². The summed E-state index contributed by atoms with van der Waals surface area (Å²) in [5, 5.41) is 0.664. The van der Waals surface area contributed by atoms with Crippen molar-refractivity contribution in [1.29, 1.82) is 0 Å². The largest absolute Gasteiger partial charge is 0.431 e. The van der Waals surface area contributed by atoms with Gasteiger partial charge in [0, 0.05) is 22.2 Å². The third kappa shape index (κ3) is 3.78. The third-order valence-corrected chi connectivity index (χ3v) is 4.66. The van der Waals surface area contributed by atoms with Crippen LogP contribution >= 0.6 is 27.7 Å². The Kier molecular flexibility index (Phi) is 4.95. The van der Waals surface area contributed by atoms with Gasteiger partial charge < -0.3 is 4.42 Å². The summed E-state index contributed by atoms with van der Waals surface area (Å²) in [6, 6.07) is 15.2. The molecule has 0 spiro atoms. The molecule has 3 nitrogen and oxygen atoms in total. The first-order valence-corrected chi connectivity index (χ1v) is 8.77. The Hall–Kier alpha value is -1.59. The first kappa shape index (κ1) is 15.3. The van der Waals surface area contributed by atoms with Crippen molar-refractivity contribution in [3.63, 3.8) is 0 Å². The van der Waals surface area contributed by atoms with Crippen LogP contribution in [0.3, 0.4) is 0 Å². The van der Waals surface area contributed by atoms with Gasteiger partial charge in [-0.15, -0.1) is 0 Å². The molecule has 1 aromatic heterocycles. The first-order chi connectivity index (χ1) is 10.7. The van der Waals surface area contributed by atoms with E-state index >= 15 is 0 Å². The highest BCUT2D eigenvalue weighted by Crippen LogP contribution is 2.24. The first-order valence-electron chi connectivity index (χ1n) is 6.99. The number of nitrogens with zero attached hydrogens (tertiary/aromatic N) is 1. The Morgan fingerprint density at radius 1 is 1.14 bits per heavy atom. The lowest BCUT2D eigenvalue weighted by Crippen LogP contribution is -1.99. The topological polar surface area (TPSA) is 43.1 Å². The molecule has 0 aliphatic carbocycles. The number of Topliss-reactive ketones (excluding diaryl/α,β-unsaturated/α-hetero) is 1. The lowest BCUT2D eigenvalue weighted by Gasteiger charge is -2.00. The molecule has 0 aliphatic rings. The number of carbonyl (C=O) groups excluding carboxylic acids is 1. The van der Waals surface area contributed by atoms with Gasteiger partial charge in [0.25, 0.3) is 5.22 Å². The Morgan fingerprint density at radius 2 is 1.91 bits per heavy atom. The lowest BCUT2D eigenvalue weighted by molar-refractivity contribution is 0.0982. The number of halogens is 1. The monoisotopic (exact) mass is 375 g/mol. The zero-order valence-corrected chi connectivity index (χ0v) is 14.2. The van der Waals surface area contributed by atoms with Crippen molar-refractivity contribution in [3.05, 3.63) is 58.6 Å². The number of aromatic nitrogens is 1. The summed E-state index contributed by atoms with van der Waals surface area (Å²) in [4.78, 5) is 16.4. The summed E-state index contributed by atoms with van der Waals surface area (Å²) in [7, 11) is 0. The van der Waals surface area contributed by atoms with E-state index in [1.54, 1.807) is 11.8 Å². The maximum absolute atomic E-state index is 12.0. The van der Waals surface area contributed by atoms with Gasteiger partial charge >= 0.3 is 0 Å². The molecule has 2 aromatic carbocycles. The Bertz CT molecular complexity index is 750. The molecule has 0 atom stereocenters. The van der Waals surface area contributed by atoms with Crippen molar-refractivity contribution in [2.45, 2.75) is 18.1 Å². The molecule has 3 rings (SSSR count). The number of oxazole rings is 1. The van der Waals surface area contributed by atoms with E-state index in [0.717, 1.165) is 33.3 Å². The van der Waals surface area contributed by atoms with Crippen molar-refractivity contribution in [1.82, 2.24) is 4.98 Å². The van der Waals surface area contributed by atoms with Crippen LogP contribution in [-0.4, -0.2) is 16.5 Å². The summed E-state index contributed by atoms with van der Waals surface area (Å²) in [5.41, 5.74) is 2.43. The molecule has 0 bridgehead atoms. The normalized spacial score (nSPS) is 11.0. The molecule has 22 heavy (non-hydrogen) atoms. The van der Waals surface area contributed by atoms with E-state index < -0.39 is 0 Å². The molecule has 0 saturated heterocycles. The second-order valence-corrected chi connectivity index (χ2v) is 6.79. The van der Waals surface area contributed by atoms with E-state index in [1.165, 1.54) is 0 Å². The second kappa shape index (κ2) is 7.11. The van der Waals surface area contributed by atoms with Gasteiger partial charge in [-0.1, -0.05) is 52.0 Å². The molecular formula is C17H14BrNO2S. The van der Waals surface area contributed by atoms with Crippen molar-refractivity contribution in [3.8, 4) is 0 Å². The number of carbonyl (C=O) groups is 1. The smallest absolute Gasteiger partial charge is 0.256 e. The van der Waals surface area contributed by atoms with Crippen LogP contribution in [0.1, 0.15) is 23.2 Å². The summed E-state index contributed by atoms with van der Waals surface area (Å²) in [6.45, 7) is 0. The molecule has 0 radical (unpaired) electrons. The van der Waals surface area contributed by atoms with E-state index in [0.29, 0.717) is 11.6 Å². The van der Waals surface area contributed by atoms with Gasteiger partial charge in [0.15, 0.2) is 11.4 Å². The zero-order valence-electron chi connectivity index (χ0n) is 11.8. The zero-order chi connectivity index (χ0) is 15.4. The molecule has 0 unspecified atom stereocenters. The second-order valence-electron chi connectivity index (χ2n) is 4.83. The minimum absolute atomic E-state index is 0.172. The van der Waals surface area contributed by atoms with Crippen LogP contribution in [0.2, 0.25) is 0 Å². The number of thioether (sulfide) groups is 1. The van der Waals surface area contributed by atoms with E-state index in [2.05, 4.69) is 20.9 Å². The Labute approximate surface area is 141 Å². The van der Waals surface area contributed by atoms with Gasteiger partial charge in [-0.05, 0) is 30.7 Å². The number of ketones is 1. The van der Waals surface area contributed by atoms with Gasteiger partial charge in [-0.25, -0.2) is 4.98 Å². The number of hydrogen-bond donors (Lipinski definition) is 0. The predicted octanol–water partition coefficient (Wildman–Crippen LogP) is 5.35. The quantitative estimate of drug-likeness (QED) is 0.331. The Morgan fingerprint density at radius 3 is 2.68 bits per heavy atom. The average Bonchev–Trinajstić information content (AvgIpc) is 2.95. The standard InChI is InChI=1S/C17H14BrNO2S/c18-13-9-7-12(8-10-13)15(20)5-3-11-22-17-19-14-4-1-2-6-16(14)21-17/h1-2,4,6-10H,3,5,11H2. The molecule has 0 N–H and O–H groups in total. The molecule has 1 heterocycles. The van der Waals surface area contributed by atoms with Crippen LogP contribution in [0.15, 0.2) is 62.6 Å². The number of fused-ring (bicyclic) bond motifs is 1. The number of benzene rings is 2. The SMILES string of the molecule is O=C(CCCSc1nc2ccccc2o1)c1ccc(Br)cc1. The third-order valence-electron chi connectivity index (χ3n) is 3.21.